The third kappa shape index (κ3) is 1.99. The Labute approximate surface area is 150 Å². The van der Waals surface area contributed by atoms with Gasteiger partial charge in [-0.25, -0.2) is 9.55 Å². The Balaban J connectivity index is 2.09. The summed E-state index contributed by atoms with van der Waals surface area (Å²) < 4.78 is 8.32. The molecule has 0 aliphatic rings. The average Bonchev–Trinajstić information content (AvgIpc) is 3.04. The van der Waals surface area contributed by atoms with Crippen molar-refractivity contribution in [2.45, 2.75) is 13.8 Å². The Bertz CT molecular complexity index is 1320. The molecule has 5 rings (SSSR count). The van der Waals surface area contributed by atoms with Crippen LogP contribution in [0.25, 0.3) is 44.1 Å². The predicted molar refractivity (Wildman–Crippen MR) is 103 cm³/mol. The summed E-state index contributed by atoms with van der Waals surface area (Å²) >= 11 is 0. The van der Waals surface area contributed by atoms with E-state index in [9.17, 15) is 0 Å². The molecule has 0 saturated carbocycles. The van der Waals surface area contributed by atoms with Crippen molar-refractivity contribution in [3.8, 4) is 11.3 Å². The Kier molecular flexibility index (Phi) is 3.10. The van der Waals surface area contributed by atoms with Gasteiger partial charge in [-0.1, -0.05) is 29.2 Å². The number of nitrogens with zero attached hydrogens (tertiary/aromatic N) is 3. The normalized spacial score (nSPS) is 11.7. The fourth-order valence-corrected chi connectivity index (χ4v) is 3.84. The van der Waals surface area contributed by atoms with Crippen LogP contribution in [0.5, 0.6) is 0 Å². The molecule has 26 heavy (non-hydrogen) atoms. The number of hydrogen-bond acceptors (Lipinski definition) is 3. The molecule has 3 aromatic heterocycles. The molecular formula is C22H18N3O+. The van der Waals surface area contributed by atoms with Crippen LogP contribution in [0, 0.1) is 13.8 Å². The highest BCUT2D eigenvalue weighted by atomic mass is 16.3. The van der Waals surface area contributed by atoms with Gasteiger partial charge in [0.1, 0.15) is 11.3 Å². The highest BCUT2D eigenvalue weighted by Crippen LogP contribution is 2.42. The summed E-state index contributed by atoms with van der Waals surface area (Å²) in [6.45, 7) is 4.17. The first kappa shape index (κ1) is 15.0. The third-order valence-electron chi connectivity index (χ3n) is 5.09. The number of furan rings is 1. The maximum atomic E-state index is 6.28. The molecule has 0 aliphatic carbocycles. The van der Waals surface area contributed by atoms with Gasteiger partial charge in [-0.3, -0.25) is 0 Å². The minimum Gasteiger partial charge on any atom is -0.437 e. The molecule has 0 unspecified atom stereocenters. The van der Waals surface area contributed by atoms with Crippen molar-refractivity contribution in [3.63, 3.8) is 0 Å². The minimum atomic E-state index is 0.674. The summed E-state index contributed by atoms with van der Waals surface area (Å²) in [6.07, 6.45) is 3.63. The van der Waals surface area contributed by atoms with Crippen LogP contribution in [0.3, 0.4) is 0 Å². The second kappa shape index (κ2) is 5.36. The number of rotatable bonds is 1. The van der Waals surface area contributed by atoms with Crippen LogP contribution in [-0.4, -0.2) is 9.97 Å². The Hall–Kier alpha value is -3.27. The molecule has 5 aromatic rings. The van der Waals surface area contributed by atoms with Gasteiger partial charge in [0.2, 0.25) is 5.71 Å². The van der Waals surface area contributed by atoms with Crippen molar-refractivity contribution >= 4 is 32.8 Å². The summed E-state index contributed by atoms with van der Waals surface area (Å²) in [5.74, 6) is 0. The molecule has 3 heterocycles. The number of aromatic nitrogens is 3. The van der Waals surface area contributed by atoms with Gasteiger partial charge in [-0.15, -0.1) is 0 Å². The van der Waals surface area contributed by atoms with E-state index in [2.05, 4.69) is 53.3 Å². The van der Waals surface area contributed by atoms with E-state index >= 15 is 0 Å². The fourth-order valence-electron chi connectivity index (χ4n) is 3.84. The molecule has 0 radical (unpaired) electrons. The monoisotopic (exact) mass is 340 g/mol. The standard InChI is InChI=1S/C22H18N3O/c1-13-11-18(25(3)12-24-13)19-14(2)15-7-4-5-8-16(15)20-17-9-6-10-23-22(17)26-21(19)20/h4-12H,1-3H3/q+1. The maximum absolute atomic E-state index is 6.28. The third-order valence-corrected chi connectivity index (χ3v) is 5.09. The quantitative estimate of drug-likeness (QED) is 0.418. The molecule has 126 valence electrons. The Morgan fingerprint density at radius 2 is 1.69 bits per heavy atom. The van der Waals surface area contributed by atoms with Crippen LogP contribution < -0.4 is 4.57 Å². The van der Waals surface area contributed by atoms with E-state index in [1.54, 1.807) is 6.20 Å². The lowest BCUT2D eigenvalue weighted by Gasteiger charge is -2.11. The molecule has 0 spiro atoms. The predicted octanol–water partition coefficient (Wildman–Crippen LogP) is 4.64. The molecule has 2 aromatic carbocycles. The van der Waals surface area contributed by atoms with Crippen LogP contribution in [-0.2, 0) is 7.05 Å². The number of aryl methyl sites for hydroxylation is 3. The van der Waals surface area contributed by atoms with Crippen LogP contribution >= 0.6 is 0 Å². The summed E-state index contributed by atoms with van der Waals surface area (Å²) in [7, 11) is 2.02. The molecule has 0 bridgehead atoms. The van der Waals surface area contributed by atoms with Gasteiger partial charge in [-0.2, -0.15) is 0 Å². The lowest BCUT2D eigenvalue weighted by Crippen LogP contribution is -2.31. The molecule has 0 N–H and O–H groups in total. The molecule has 0 aliphatic heterocycles. The van der Waals surface area contributed by atoms with E-state index in [0.717, 1.165) is 33.3 Å². The lowest BCUT2D eigenvalue weighted by molar-refractivity contribution is -0.663. The van der Waals surface area contributed by atoms with Gasteiger partial charge in [0.15, 0.2) is 5.69 Å². The van der Waals surface area contributed by atoms with Crippen molar-refractivity contribution < 1.29 is 8.98 Å². The molecule has 0 saturated heterocycles. The smallest absolute Gasteiger partial charge is 0.286 e. The topological polar surface area (TPSA) is 42.8 Å². The van der Waals surface area contributed by atoms with Crippen molar-refractivity contribution in [1.82, 2.24) is 9.97 Å². The number of pyridine rings is 1. The molecule has 0 atom stereocenters. The second-order valence-corrected chi connectivity index (χ2v) is 6.73. The van der Waals surface area contributed by atoms with Gasteiger partial charge < -0.3 is 4.42 Å². The number of fused-ring (bicyclic) bond motifs is 5. The van der Waals surface area contributed by atoms with Crippen molar-refractivity contribution in [3.05, 3.63) is 66.2 Å². The maximum Gasteiger partial charge on any atom is 0.286 e. The highest BCUT2D eigenvalue weighted by Gasteiger charge is 2.23. The van der Waals surface area contributed by atoms with Crippen LogP contribution in [0.1, 0.15) is 11.3 Å². The average molecular weight is 340 g/mol. The van der Waals surface area contributed by atoms with Crippen molar-refractivity contribution in [2.24, 2.45) is 7.05 Å². The zero-order valence-electron chi connectivity index (χ0n) is 14.9. The Morgan fingerprint density at radius 3 is 2.54 bits per heavy atom. The summed E-state index contributed by atoms with van der Waals surface area (Å²) in [6, 6.07) is 14.7. The minimum absolute atomic E-state index is 0.674. The zero-order chi connectivity index (χ0) is 17.8. The van der Waals surface area contributed by atoms with E-state index in [-0.39, 0.29) is 0 Å². The highest BCUT2D eigenvalue weighted by molar-refractivity contribution is 6.22. The van der Waals surface area contributed by atoms with E-state index in [4.69, 9.17) is 4.42 Å². The Morgan fingerprint density at radius 1 is 0.923 bits per heavy atom. The summed E-state index contributed by atoms with van der Waals surface area (Å²) in [5, 5.41) is 4.60. The molecule has 0 amide bonds. The SMILES string of the molecule is Cc1cc(-c2c(C)c3ccccc3c3c2oc2ncccc23)[n+](C)cn1. The van der Waals surface area contributed by atoms with E-state index in [0.29, 0.717) is 5.71 Å². The van der Waals surface area contributed by atoms with E-state index in [1.165, 1.54) is 16.3 Å². The van der Waals surface area contributed by atoms with Gasteiger partial charge in [-0.05, 0) is 35.4 Å². The van der Waals surface area contributed by atoms with E-state index in [1.807, 2.05) is 30.9 Å². The summed E-state index contributed by atoms with van der Waals surface area (Å²) in [5.41, 5.74) is 5.93. The van der Waals surface area contributed by atoms with Crippen molar-refractivity contribution in [2.75, 3.05) is 0 Å². The first-order valence-corrected chi connectivity index (χ1v) is 8.66. The van der Waals surface area contributed by atoms with Gasteiger partial charge in [0.05, 0.1) is 12.6 Å². The van der Waals surface area contributed by atoms with Gasteiger partial charge in [0.25, 0.3) is 6.33 Å². The largest absolute Gasteiger partial charge is 0.437 e. The summed E-state index contributed by atoms with van der Waals surface area (Å²) in [4.78, 5) is 8.84. The van der Waals surface area contributed by atoms with Gasteiger partial charge in [0, 0.05) is 30.0 Å². The van der Waals surface area contributed by atoms with E-state index < -0.39 is 0 Å². The second-order valence-electron chi connectivity index (χ2n) is 6.73. The molecule has 4 heteroatoms. The van der Waals surface area contributed by atoms with Crippen molar-refractivity contribution in [1.29, 1.82) is 0 Å². The zero-order valence-corrected chi connectivity index (χ0v) is 14.9. The fraction of sp³-hybridized carbons (Fsp3) is 0.136. The molecule has 4 nitrogen and oxygen atoms in total. The lowest BCUT2D eigenvalue weighted by atomic mass is 9.93. The first-order chi connectivity index (χ1) is 12.6. The van der Waals surface area contributed by atoms with Gasteiger partial charge >= 0.3 is 0 Å². The number of benzene rings is 2. The van der Waals surface area contributed by atoms with Crippen LogP contribution in [0.4, 0.5) is 0 Å². The first-order valence-electron chi connectivity index (χ1n) is 8.66. The van der Waals surface area contributed by atoms with Crippen LogP contribution in [0.15, 0.2) is 59.4 Å². The molecule has 0 fully saturated rings. The number of hydrogen-bond donors (Lipinski definition) is 0. The molecular weight excluding hydrogens is 322 g/mol. The van der Waals surface area contributed by atoms with Crippen LogP contribution in [0.2, 0.25) is 0 Å².